The zero-order valence-electron chi connectivity index (χ0n) is 11.7. The van der Waals surface area contributed by atoms with E-state index in [0.717, 1.165) is 21.1 Å². The van der Waals surface area contributed by atoms with Crippen LogP contribution in [0.1, 0.15) is 10.7 Å². The fourth-order valence-corrected chi connectivity index (χ4v) is 3.00. The van der Waals surface area contributed by atoms with E-state index in [9.17, 15) is 0 Å². The average molecular weight is 279 g/mol. The van der Waals surface area contributed by atoms with Crippen LogP contribution in [0.2, 0.25) is 0 Å². The predicted molar refractivity (Wildman–Crippen MR) is 76.7 cm³/mol. The zero-order chi connectivity index (χ0) is 14.0. The third-order valence-corrected chi connectivity index (χ3v) is 3.96. The van der Waals surface area contributed by atoms with Crippen molar-refractivity contribution in [1.29, 1.82) is 0 Å². The van der Waals surface area contributed by atoms with E-state index < -0.39 is 0 Å². The van der Waals surface area contributed by atoms with E-state index in [-0.39, 0.29) is 0 Å². The standard InChI is InChI=1S/C14H17NO3S/c1-8-14(19-9(2)15-8)10-6-7-11(16-3)13(18-5)12(10)17-4/h6-7H,1-5H3. The van der Waals surface area contributed by atoms with Gasteiger partial charge in [0.15, 0.2) is 11.5 Å². The maximum absolute atomic E-state index is 5.50. The van der Waals surface area contributed by atoms with Crippen molar-refractivity contribution in [2.75, 3.05) is 21.3 Å². The van der Waals surface area contributed by atoms with Crippen molar-refractivity contribution < 1.29 is 14.2 Å². The summed E-state index contributed by atoms with van der Waals surface area (Å²) in [4.78, 5) is 5.54. The Labute approximate surface area is 117 Å². The molecule has 0 saturated heterocycles. The van der Waals surface area contributed by atoms with Crippen molar-refractivity contribution in [3.05, 3.63) is 22.8 Å². The van der Waals surface area contributed by atoms with Crippen LogP contribution < -0.4 is 14.2 Å². The van der Waals surface area contributed by atoms with Gasteiger partial charge in [-0.1, -0.05) is 0 Å². The van der Waals surface area contributed by atoms with E-state index >= 15 is 0 Å². The molecule has 0 aliphatic carbocycles. The molecule has 0 N–H and O–H groups in total. The summed E-state index contributed by atoms with van der Waals surface area (Å²) < 4.78 is 16.2. The monoisotopic (exact) mass is 279 g/mol. The summed E-state index contributed by atoms with van der Waals surface area (Å²) in [7, 11) is 4.85. The third-order valence-electron chi connectivity index (χ3n) is 2.85. The number of rotatable bonds is 4. The van der Waals surface area contributed by atoms with Crippen LogP contribution in [0, 0.1) is 13.8 Å². The van der Waals surface area contributed by atoms with Crippen LogP contribution in [-0.4, -0.2) is 26.3 Å². The van der Waals surface area contributed by atoms with Crippen LogP contribution in [0.4, 0.5) is 0 Å². The van der Waals surface area contributed by atoms with Gasteiger partial charge >= 0.3 is 0 Å². The quantitative estimate of drug-likeness (QED) is 0.859. The Morgan fingerprint density at radius 1 is 0.947 bits per heavy atom. The number of thiazole rings is 1. The smallest absolute Gasteiger partial charge is 0.203 e. The number of aromatic nitrogens is 1. The van der Waals surface area contributed by atoms with E-state index in [1.807, 2.05) is 26.0 Å². The molecule has 0 aliphatic rings. The van der Waals surface area contributed by atoms with Crippen LogP contribution in [0.15, 0.2) is 12.1 Å². The molecule has 0 aliphatic heterocycles. The number of aryl methyl sites for hydroxylation is 2. The summed E-state index contributed by atoms with van der Waals surface area (Å²) in [5, 5.41) is 1.03. The Bertz CT molecular complexity index is 593. The summed E-state index contributed by atoms with van der Waals surface area (Å²) in [6, 6.07) is 3.85. The molecule has 1 aromatic heterocycles. The van der Waals surface area contributed by atoms with Gasteiger partial charge in [-0.05, 0) is 26.0 Å². The Morgan fingerprint density at radius 2 is 1.63 bits per heavy atom. The molecule has 0 saturated carbocycles. The first-order chi connectivity index (χ1) is 9.12. The molecule has 0 amide bonds. The van der Waals surface area contributed by atoms with Gasteiger partial charge in [-0.25, -0.2) is 4.98 Å². The number of hydrogen-bond donors (Lipinski definition) is 0. The lowest BCUT2D eigenvalue weighted by Gasteiger charge is -2.15. The summed E-state index contributed by atoms with van der Waals surface area (Å²) in [6.45, 7) is 3.99. The van der Waals surface area contributed by atoms with E-state index in [4.69, 9.17) is 14.2 Å². The maximum Gasteiger partial charge on any atom is 0.203 e. The highest BCUT2D eigenvalue weighted by atomic mass is 32.1. The summed E-state index contributed by atoms with van der Waals surface area (Å²) in [5.74, 6) is 1.93. The highest BCUT2D eigenvalue weighted by molar-refractivity contribution is 7.15. The van der Waals surface area contributed by atoms with Gasteiger partial charge in [0.05, 0.1) is 36.9 Å². The van der Waals surface area contributed by atoms with Gasteiger partial charge in [0, 0.05) is 5.56 Å². The van der Waals surface area contributed by atoms with Crippen LogP contribution in [0.5, 0.6) is 17.2 Å². The number of hydrogen-bond acceptors (Lipinski definition) is 5. The Balaban J connectivity index is 2.67. The molecule has 1 aromatic carbocycles. The highest BCUT2D eigenvalue weighted by Crippen LogP contribution is 2.46. The van der Waals surface area contributed by atoms with Gasteiger partial charge in [0.25, 0.3) is 0 Å². The molecule has 0 fully saturated rings. The van der Waals surface area contributed by atoms with Crippen LogP contribution in [0.25, 0.3) is 10.4 Å². The first-order valence-electron chi connectivity index (χ1n) is 5.85. The molecule has 102 valence electrons. The number of nitrogens with zero attached hydrogens (tertiary/aromatic N) is 1. The van der Waals surface area contributed by atoms with Crippen molar-refractivity contribution in [3.63, 3.8) is 0 Å². The Kier molecular flexibility index (Phi) is 3.95. The second-order valence-electron chi connectivity index (χ2n) is 4.03. The van der Waals surface area contributed by atoms with Crippen LogP contribution >= 0.6 is 11.3 Å². The molecule has 4 nitrogen and oxygen atoms in total. The number of benzene rings is 1. The van der Waals surface area contributed by atoms with Gasteiger partial charge in [-0.2, -0.15) is 0 Å². The minimum absolute atomic E-state index is 0.605. The Hall–Kier alpha value is -1.75. The minimum atomic E-state index is 0.605. The topological polar surface area (TPSA) is 40.6 Å². The summed E-state index contributed by atoms with van der Waals surface area (Å²) >= 11 is 1.64. The van der Waals surface area contributed by atoms with Gasteiger partial charge in [0.1, 0.15) is 0 Å². The zero-order valence-corrected chi connectivity index (χ0v) is 12.6. The van der Waals surface area contributed by atoms with Gasteiger partial charge in [-0.3, -0.25) is 0 Å². The molecule has 0 radical (unpaired) electrons. The van der Waals surface area contributed by atoms with E-state index in [1.165, 1.54) is 0 Å². The van der Waals surface area contributed by atoms with Gasteiger partial charge in [-0.15, -0.1) is 11.3 Å². The largest absolute Gasteiger partial charge is 0.493 e. The maximum atomic E-state index is 5.50. The van der Waals surface area contributed by atoms with Crippen molar-refractivity contribution in [2.24, 2.45) is 0 Å². The lowest BCUT2D eigenvalue weighted by Crippen LogP contribution is -1.96. The molecular weight excluding hydrogens is 262 g/mol. The Morgan fingerprint density at radius 3 is 2.11 bits per heavy atom. The fraction of sp³-hybridized carbons (Fsp3) is 0.357. The van der Waals surface area contributed by atoms with Gasteiger partial charge < -0.3 is 14.2 Å². The highest BCUT2D eigenvalue weighted by Gasteiger charge is 2.19. The molecule has 5 heteroatoms. The molecule has 0 atom stereocenters. The van der Waals surface area contributed by atoms with E-state index in [0.29, 0.717) is 17.2 Å². The minimum Gasteiger partial charge on any atom is -0.493 e. The molecular formula is C14H17NO3S. The van der Waals surface area contributed by atoms with E-state index in [1.54, 1.807) is 32.7 Å². The third kappa shape index (κ3) is 2.38. The summed E-state index contributed by atoms with van der Waals surface area (Å²) in [6.07, 6.45) is 0. The molecule has 2 rings (SSSR count). The second kappa shape index (κ2) is 5.48. The van der Waals surface area contributed by atoms with Crippen LogP contribution in [-0.2, 0) is 0 Å². The predicted octanol–water partition coefficient (Wildman–Crippen LogP) is 3.45. The van der Waals surface area contributed by atoms with Crippen molar-refractivity contribution in [2.45, 2.75) is 13.8 Å². The fourth-order valence-electron chi connectivity index (χ4n) is 2.06. The molecule has 19 heavy (non-hydrogen) atoms. The van der Waals surface area contributed by atoms with E-state index in [2.05, 4.69) is 4.98 Å². The second-order valence-corrected chi connectivity index (χ2v) is 5.23. The van der Waals surface area contributed by atoms with Crippen molar-refractivity contribution in [1.82, 2.24) is 4.98 Å². The summed E-state index contributed by atoms with van der Waals surface area (Å²) in [5.41, 5.74) is 1.97. The van der Waals surface area contributed by atoms with Crippen LogP contribution in [0.3, 0.4) is 0 Å². The van der Waals surface area contributed by atoms with Crippen molar-refractivity contribution >= 4 is 11.3 Å². The molecule has 1 heterocycles. The normalized spacial score (nSPS) is 10.4. The van der Waals surface area contributed by atoms with Crippen molar-refractivity contribution in [3.8, 4) is 27.7 Å². The molecule has 2 aromatic rings. The first kappa shape index (κ1) is 13.7. The number of ether oxygens (including phenoxy) is 3. The SMILES string of the molecule is COc1ccc(-c2sc(C)nc2C)c(OC)c1OC. The molecule has 0 spiro atoms. The molecule has 0 unspecified atom stereocenters. The lowest BCUT2D eigenvalue weighted by atomic mass is 10.1. The number of methoxy groups -OCH3 is 3. The molecule has 0 bridgehead atoms. The van der Waals surface area contributed by atoms with Gasteiger partial charge in [0.2, 0.25) is 5.75 Å². The lowest BCUT2D eigenvalue weighted by molar-refractivity contribution is 0.325. The average Bonchev–Trinajstić information content (AvgIpc) is 2.75. The first-order valence-corrected chi connectivity index (χ1v) is 6.67.